The van der Waals surface area contributed by atoms with E-state index in [1.807, 2.05) is 6.07 Å². The van der Waals surface area contributed by atoms with E-state index in [9.17, 15) is 0 Å². The molecule has 0 bridgehead atoms. The lowest BCUT2D eigenvalue weighted by atomic mass is 10.1. The van der Waals surface area contributed by atoms with Crippen LogP contribution in [-0.2, 0) is 0 Å². The van der Waals surface area contributed by atoms with Crippen molar-refractivity contribution in [1.82, 2.24) is 10.3 Å². The number of fused-ring (bicyclic) bond motifs is 1. The molecule has 1 aromatic heterocycles. The smallest absolute Gasteiger partial charge is 0.184 e. The molecule has 2 N–H and O–H groups in total. The fourth-order valence-electron chi connectivity index (χ4n) is 2.25. The average Bonchev–Trinajstić information content (AvgIpc) is 2.57. The highest BCUT2D eigenvalue weighted by Gasteiger charge is 2.13. The van der Waals surface area contributed by atoms with Gasteiger partial charge >= 0.3 is 0 Å². The number of rotatable bonds is 2. The maximum Gasteiger partial charge on any atom is 0.184 e. The molecular weight excluding hydrogens is 230 g/mol. The second-order valence-electron chi connectivity index (χ2n) is 4.53. The highest BCUT2D eigenvalue weighted by Crippen LogP contribution is 2.26. The summed E-state index contributed by atoms with van der Waals surface area (Å²) < 4.78 is 1.26. The number of thiazole rings is 1. The summed E-state index contributed by atoms with van der Waals surface area (Å²) >= 11 is 1.75. The Morgan fingerprint density at radius 2 is 2.24 bits per heavy atom. The van der Waals surface area contributed by atoms with E-state index in [0.29, 0.717) is 6.04 Å². The summed E-state index contributed by atoms with van der Waals surface area (Å²) in [5.74, 6) is 0. The van der Waals surface area contributed by atoms with Crippen molar-refractivity contribution in [3.05, 3.63) is 24.3 Å². The lowest BCUT2D eigenvalue weighted by Gasteiger charge is -2.14. The summed E-state index contributed by atoms with van der Waals surface area (Å²) in [6.45, 7) is 2.20. The lowest BCUT2D eigenvalue weighted by molar-refractivity contribution is 0.636. The Morgan fingerprint density at radius 1 is 1.29 bits per heavy atom. The number of hydrogen-bond donors (Lipinski definition) is 2. The van der Waals surface area contributed by atoms with Crippen molar-refractivity contribution in [1.29, 1.82) is 0 Å². The van der Waals surface area contributed by atoms with Crippen LogP contribution in [0.5, 0.6) is 0 Å². The second kappa shape index (κ2) is 5.02. The van der Waals surface area contributed by atoms with Gasteiger partial charge in [-0.2, -0.15) is 0 Å². The Labute approximate surface area is 105 Å². The molecule has 17 heavy (non-hydrogen) atoms. The molecule has 0 aliphatic carbocycles. The van der Waals surface area contributed by atoms with Gasteiger partial charge in [0.15, 0.2) is 5.13 Å². The minimum atomic E-state index is 0.526. The standard InChI is InChI=1S/C13H17N3S/c1-2-7-12-11(6-1)16-13(17-12)15-10-5-3-4-8-14-9-10/h1-2,6-7,10,14H,3-5,8-9H2,(H,15,16). The molecular formula is C13H17N3S. The van der Waals surface area contributed by atoms with Crippen molar-refractivity contribution in [2.75, 3.05) is 18.4 Å². The maximum atomic E-state index is 4.62. The van der Waals surface area contributed by atoms with Gasteiger partial charge in [-0.1, -0.05) is 29.9 Å². The van der Waals surface area contributed by atoms with Crippen LogP contribution in [0.25, 0.3) is 10.2 Å². The molecule has 0 saturated carbocycles. The first-order valence-electron chi connectivity index (χ1n) is 6.25. The molecule has 0 radical (unpaired) electrons. The fraction of sp³-hybridized carbons (Fsp3) is 0.462. The minimum absolute atomic E-state index is 0.526. The van der Waals surface area contributed by atoms with Gasteiger partial charge in [0.25, 0.3) is 0 Å². The Kier molecular flexibility index (Phi) is 3.25. The minimum Gasteiger partial charge on any atom is -0.357 e. The number of nitrogens with one attached hydrogen (secondary N) is 2. The highest BCUT2D eigenvalue weighted by molar-refractivity contribution is 7.22. The molecule has 0 amide bonds. The van der Waals surface area contributed by atoms with Crippen LogP contribution >= 0.6 is 11.3 Å². The van der Waals surface area contributed by atoms with Crippen molar-refractivity contribution >= 4 is 26.7 Å². The molecule has 90 valence electrons. The van der Waals surface area contributed by atoms with Crippen LogP contribution in [0.1, 0.15) is 19.3 Å². The first-order valence-corrected chi connectivity index (χ1v) is 7.06. The summed E-state index contributed by atoms with van der Waals surface area (Å²) in [5.41, 5.74) is 1.10. The SMILES string of the molecule is c1ccc2sc(NC3CCCCNC3)nc2c1. The van der Waals surface area contributed by atoms with E-state index in [1.54, 1.807) is 11.3 Å². The van der Waals surface area contributed by atoms with Gasteiger partial charge in [0, 0.05) is 12.6 Å². The van der Waals surface area contributed by atoms with Gasteiger partial charge in [0.2, 0.25) is 0 Å². The molecule has 2 aromatic rings. The van der Waals surface area contributed by atoms with Gasteiger partial charge in [0.05, 0.1) is 10.2 Å². The lowest BCUT2D eigenvalue weighted by Crippen LogP contribution is -2.30. The molecule has 3 nitrogen and oxygen atoms in total. The van der Waals surface area contributed by atoms with E-state index in [0.717, 1.165) is 23.7 Å². The molecule has 2 heterocycles. The van der Waals surface area contributed by atoms with Crippen LogP contribution in [0, 0.1) is 0 Å². The zero-order valence-corrected chi connectivity index (χ0v) is 10.6. The Hall–Kier alpha value is -1.13. The van der Waals surface area contributed by atoms with E-state index in [-0.39, 0.29) is 0 Å². The molecule has 4 heteroatoms. The van der Waals surface area contributed by atoms with Crippen LogP contribution in [0.2, 0.25) is 0 Å². The summed E-state index contributed by atoms with van der Waals surface area (Å²) in [6, 6.07) is 8.83. The van der Waals surface area contributed by atoms with Gasteiger partial charge in [-0.05, 0) is 31.5 Å². The summed E-state index contributed by atoms with van der Waals surface area (Å²) in [6.07, 6.45) is 3.83. The molecule has 1 aliphatic heterocycles. The monoisotopic (exact) mass is 247 g/mol. The number of nitrogens with zero attached hydrogens (tertiary/aromatic N) is 1. The Bertz CT molecular complexity index is 453. The van der Waals surface area contributed by atoms with Crippen LogP contribution in [0.15, 0.2) is 24.3 Å². The molecule has 1 fully saturated rings. The van der Waals surface area contributed by atoms with E-state index in [1.165, 1.54) is 24.0 Å². The number of anilines is 1. The fourth-order valence-corrected chi connectivity index (χ4v) is 3.19. The molecule has 1 aliphatic rings. The van der Waals surface area contributed by atoms with Crippen molar-refractivity contribution in [2.45, 2.75) is 25.3 Å². The van der Waals surface area contributed by atoms with Crippen LogP contribution < -0.4 is 10.6 Å². The Morgan fingerprint density at radius 3 is 3.18 bits per heavy atom. The van der Waals surface area contributed by atoms with E-state index < -0.39 is 0 Å². The van der Waals surface area contributed by atoms with Crippen molar-refractivity contribution < 1.29 is 0 Å². The largest absolute Gasteiger partial charge is 0.357 e. The van der Waals surface area contributed by atoms with Crippen LogP contribution in [-0.4, -0.2) is 24.1 Å². The molecule has 3 rings (SSSR count). The van der Waals surface area contributed by atoms with Crippen LogP contribution in [0.4, 0.5) is 5.13 Å². The van der Waals surface area contributed by atoms with Gasteiger partial charge in [-0.25, -0.2) is 4.98 Å². The zero-order chi connectivity index (χ0) is 11.5. The van der Waals surface area contributed by atoms with Crippen molar-refractivity contribution in [3.8, 4) is 0 Å². The second-order valence-corrected chi connectivity index (χ2v) is 5.56. The maximum absolute atomic E-state index is 4.62. The third-order valence-electron chi connectivity index (χ3n) is 3.17. The van der Waals surface area contributed by atoms with E-state index >= 15 is 0 Å². The van der Waals surface area contributed by atoms with E-state index in [2.05, 4.69) is 33.8 Å². The predicted octanol–water partition coefficient (Wildman–Crippen LogP) is 2.85. The number of para-hydroxylation sites is 1. The number of aromatic nitrogens is 1. The van der Waals surface area contributed by atoms with Crippen molar-refractivity contribution in [2.24, 2.45) is 0 Å². The number of benzene rings is 1. The summed E-state index contributed by atoms with van der Waals surface area (Å²) in [4.78, 5) is 4.62. The zero-order valence-electron chi connectivity index (χ0n) is 9.78. The van der Waals surface area contributed by atoms with Gasteiger partial charge in [-0.15, -0.1) is 0 Å². The Balaban J connectivity index is 1.75. The summed E-state index contributed by atoms with van der Waals surface area (Å²) in [7, 11) is 0. The third-order valence-corrected chi connectivity index (χ3v) is 4.14. The highest BCUT2D eigenvalue weighted by atomic mass is 32.1. The van der Waals surface area contributed by atoms with Crippen LogP contribution in [0.3, 0.4) is 0 Å². The quantitative estimate of drug-likeness (QED) is 0.857. The molecule has 1 saturated heterocycles. The molecule has 1 unspecified atom stereocenters. The molecule has 0 spiro atoms. The van der Waals surface area contributed by atoms with Gasteiger partial charge in [0.1, 0.15) is 0 Å². The topological polar surface area (TPSA) is 37.0 Å². The first kappa shape index (κ1) is 11.0. The molecule has 1 atom stereocenters. The average molecular weight is 247 g/mol. The number of hydrogen-bond acceptors (Lipinski definition) is 4. The van der Waals surface area contributed by atoms with Gasteiger partial charge < -0.3 is 10.6 Å². The van der Waals surface area contributed by atoms with Gasteiger partial charge in [-0.3, -0.25) is 0 Å². The first-order chi connectivity index (χ1) is 8.42. The molecule has 1 aromatic carbocycles. The third kappa shape index (κ3) is 2.58. The summed E-state index contributed by atoms with van der Waals surface area (Å²) in [5, 5.41) is 8.08. The normalized spacial score (nSPS) is 21.3. The van der Waals surface area contributed by atoms with E-state index in [4.69, 9.17) is 0 Å². The van der Waals surface area contributed by atoms with Crippen molar-refractivity contribution in [3.63, 3.8) is 0 Å². The predicted molar refractivity (Wildman–Crippen MR) is 73.8 cm³/mol.